The van der Waals surface area contributed by atoms with Crippen LogP contribution < -0.4 is 4.90 Å². The first-order valence-corrected chi connectivity index (χ1v) is 7.85. The van der Waals surface area contributed by atoms with Gasteiger partial charge in [-0.3, -0.25) is 0 Å². The summed E-state index contributed by atoms with van der Waals surface area (Å²) in [5.74, 6) is 0. The molecule has 114 valence electrons. The fourth-order valence-corrected chi connectivity index (χ4v) is 2.47. The Kier molecular flexibility index (Phi) is 5.07. The van der Waals surface area contributed by atoms with Crippen molar-refractivity contribution in [2.24, 2.45) is 4.99 Å². The molecule has 3 rings (SSSR count). The molecule has 0 radical (unpaired) electrons. The molecular formula is C20H17ClN2. The molecular weight excluding hydrogens is 304 g/mol. The summed E-state index contributed by atoms with van der Waals surface area (Å²) in [7, 11) is 0. The molecule has 0 saturated carbocycles. The van der Waals surface area contributed by atoms with Crippen LogP contribution in [-0.4, -0.2) is 6.34 Å². The van der Waals surface area contributed by atoms with Gasteiger partial charge < -0.3 is 4.90 Å². The lowest BCUT2D eigenvalue weighted by molar-refractivity contribution is 1.02. The Hall–Kier alpha value is -2.58. The molecule has 0 amide bonds. The number of hydrogen-bond donors (Lipinski definition) is 0. The molecule has 0 aliphatic carbocycles. The average Bonchev–Trinajstić information content (AvgIpc) is 2.61. The largest absolute Gasteiger partial charge is 0.328 e. The highest BCUT2D eigenvalue weighted by Crippen LogP contribution is 2.24. The molecule has 0 spiro atoms. The number of nitrogens with zero attached hydrogens (tertiary/aromatic N) is 2. The third-order valence-corrected chi connectivity index (χ3v) is 3.79. The number of benzene rings is 3. The van der Waals surface area contributed by atoms with E-state index in [1.54, 1.807) is 0 Å². The Balaban J connectivity index is 1.88. The fourth-order valence-electron chi connectivity index (χ4n) is 2.29. The first kappa shape index (κ1) is 15.3. The van der Waals surface area contributed by atoms with Crippen molar-refractivity contribution < 1.29 is 0 Å². The van der Waals surface area contributed by atoms with Crippen LogP contribution in [0.4, 0.5) is 11.4 Å². The Morgan fingerprint density at radius 2 is 1.39 bits per heavy atom. The second-order valence-corrected chi connectivity index (χ2v) is 5.55. The average molecular weight is 321 g/mol. The normalized spacial score (nSPS) is 10.8. The van der Waals surface area contributed by atoms with Crippen molar-refractivity contribution >= 4 is 29.3 Å². The maximum absolute atomic E-state index is 6.18. The van der Waals surface area contributed by atoms with Crippen molar-refractivity contribution in [2.45, 2.75) is 6.54 Å². The highest BCUT2D eigenvalue weighted by atomic mass is 35.5. The summed E-state index contributed by atoms with van der Waals surface area (Å²) in [5.41, 5.74) is 3.08. The van der Waals surface area contributed by atoms with Crippen molar-refractivity contribution in [1.82, 2.24) is 0 Å². The molecule has 0 bridgehead atoms. The fraction of sp³-hybridized carbons (Fsp3) is 0.0500. The summed E-state index contributed by atoms with van der Waals surface area (Å²) in [6.45, 7) is 0.749. The maximum atomic E-state index is 6.18. The Bertz CT molecular complexity index is 770. The van der Waals surface area contributed by atoms with E-state index in [-0.39, 0.29) is 0 Å². The minimum atomic E-state index is 0.650. The molecule has 0 heterocycles. The van der Waals surface area contributed by atoms with Gasteiger partial charge in [-0.1, -0.05) is 72.3 Å². The van der Waals surface area contributed by atoms with Crippen molar-refractivity contribution in [3.05, 3.63) is 95.5 Å². The third kappa shape index (κ3) is 4.21. The molecule has 0 aromatic heterocycles. The molecule has 0 N–H and O–H groups in total. The lowest BCUT2D eigenvalue weighted by atomic mass is 10.2. The van der Waals surface area contributed by atoms with Gasteiger partial charge in [0, 0.05) is 12.2 Å². The number of aliphatic imine (C=N–C) groups is 1. The van der Waals surface area contributed by atoms with Crippen molar-refractivity contribution in [3.8, 4) is 0 Å². The van der Waals surface area contributed by atoms with Gasteiger partial charge in [0.1, 0.15) is 0 Å². The van der Waals surface area contributed by atoms with E-state index in [1.807, 2.05) is 67.0 Å². The second-order valence-electron chi connectivity index (χ2n) is 5.15. The highest BCUT2D eigenvalue weighted by molar-refractivity contribution is 6.33. The number of halogens is 1. The molecule has 0 aliphatic heterocycles. The van der Waals surface area contributed by atoms with Crippen molar-refractivity contribution in [1.29, 1.82) is 0 Å². The molecule has 0 fully saturated rings. The Labute approximate surface area is 141 Å². The van der Waals surface area contributed by atoms with Crippen LogP contribution in [0.5, 0.6) is 0 Å². The van der Waals surface area contributed by atoms with Crippen molar-refractivity contribution in [3.63, 3.8) is 0 Å². The van der Waals surface area contributed by atoms with E-state index in [0.29, 0.717) is 5.02 Å². The van der Waals surface area contributed by atoms with Crippen LogP contribution in [0.1, 0.15) is 5.56 Å². The van der Waals surface area contributed by atoms with E-state index in [1.165, 1.54) is 5.56 Å². The van der Waals surface area contributed by atoms with Crippen LogP contribution in [0, 0.1) is 0 Å². The second kappa shape index (κ2) is 7.61. The summed E-state index contributed by atoms with van der Waals surface area (Å²) >= 11 is 6.18. The van der Waals surface area contributed by atoms with Gasteiger partial charge in [0.2, 0.25) is 0 Å². The lowest BCUT2D eigenvalue weighted by Crippen LogP contribution is -2.20. The highest BCUT2D eigenvalue weighted by Gasteiger charge is 2.05. The molecule has 0 atom stereocenters. The number of rotatable bonds is 5. The monoisotopic (exact) mass is 320 g/mol. The Morgan fingerprint density at radius 1 is 0.783 bits per heavy atom. The summed E-state index contributed by atoms with van der Waals surface area (Å²) in [5, 5.41) is 0.650. The topological polar surface area (TPSA) is 15.6 Å². The van der Waals surface area contributed by atoms with Gasteiger partial charge >= 0.3 is 0 Å². The van der Waals surface area contributed by atoms with Crippen LogP contribution in [0.15, 0.2) is 89.9 Å². The molecule has 3 aromatic rings. The number of hydrogen-bond acceptors (Lipinski definition) is 1. The van der Waals surface area contributed by atoms with Crippen LogP contribution in [0.2, 0.25) is 5.02 Å². The molecule has 0 unspecified atom stereocenters. The lowest BCUT2D eigenvalue weighted by Gasteiger charge is -2.20. The summed E-state index contributed by atoms with van der Waals surface area (Å²) in [6.07, 6.45) is 1.84. The van der Waals surface area contributed by atoms with Gasteiger partial charge in [0.05, 0.1) is 17.0 Å². The van der Waals surface area contributed by atoms with Crippen LogP contribution >= 0.6 is 11.6 Å². The molecule has 3 aromatic carbocycles. The predicted molar refractivity (Wildman–Crippen MR) is 98.7 cm³/mol. The van der Waals surface area contributed by atoms with Crippen LogP contribution in [0.25, 0.3) is 0 Å². The van der Waals surface area contributed by atoms with Gasteiger partial charge in [-0.25, -0.2) is 4.99 Å². The zero-order valence-corrected chi connectivity index (χ0v) is 13.4. The summed E-state index contributed by atoms with van der Waals surface area (Å²) in [6, 6.07) is 28.1. The molecule has 0 saturated heterocycles. The first-order valence-electron chi connectivity index (χ1n) is 7.47. The minimum absolute atomic E-state index is 0.650. The van der Waals surface area contributed by atoms with E-state index in [4.69, 9.17) is 11.6 Å². The SMILES string of the molecule is Clc1ccccc1N=CN(Cc1ccccc1)c1ccccc1. The molecule has 0 aliphatic rings. The van der Waals surface area contributed by atoms with E-state index in [2.05, 4.69) is 34.2 Å². The van der Waals surface area contributed by atoms with Crippen molar-refractivity contribution in [2.75, 3.05) is 4.90 Å². The zero-order chi connectivity index (χ0) is 15.9. The minimum Gasteiger partial charge on any atom is -0.328 e. The zero-order valence-electron chi connectivity index (χ0n) is 12.6. The number of anilines is 1. The van der Waals surface area contributed by atoms with E-state index >= 15 is 0 Å². The predicted octanol–water partition coefficient (Wildman–Crippen LogP) is 5.71. The first-order chi connectivity index (χ1) is 11.3. The molecule has 23 heavy (non-hydrogen) atoms. The quantitative estimate of drug-likeness (QED) is 0.434. The summed E-state index contributed by atoms with van der Waals surface area (Å²) in [4.78, 5) is 6.66. The van der Waals surface area contributed by atoms with E-state index < -0.39 is 0 Å². The summed E-state index contributed by atoms with van der Waals surface area (Å²) < 4.78 is 0. The Morgan fingerprint density at radius 3 is 2.09 bits per heavy atom. The standard InChI is InChI=1S/C20H17ClN2/c21-19-13-7-8-14-20(19)22-16-23(18-11-5-2-6-12-18)15-17-9-3-1-4-10-17/h1-14,16H,15H2. The van der Waals surface area contributed by atoms with Gasteiger partial charge in [0.25, 0.3) is 0 Å². The number of para-hydroxylation sites is 2. The molecule has 3 heteroatoms. The van der Waals surface area contributed by atoms with E-state index in [9.17, 15) is 0 Å². The van der Waals surface area contributed by atoms with Gasteiger partial charge in [-0.2, -0.15) is 0 Å². The van der Waals surface area contributed by atoms with Crippen LogP contribution in [-0.2, 0) is 6.54 Å². The van der Waals surface area contributed by atoms with Gasteiger partial charge in [-0.15, -0.1) is 0 Å². The maximum Gasteiger partial charge on any atom is 0.0960 e. The van der Waals surface area contributed by atoms with Gasteiger partial charge in [0.15, 0.2) is 0 Å². The smallest absolute Gasteiger partial charge is 0.0960 e. The molecule has 2 nitrogen and oxygen atoms in total. The van der Waals surface area contributed by atoms with Crippen LogP contribution in [0.3, 0.4) is 0 Å². The third-order valence-electron chi connectivity index (χ3n) is 3.47. The van der Waals surface area contributed by atoms with E-state index in [0.717, 1.165) is 17.9 Å². The van der Waals surface area contributed by atoms with Gasteiger partial charge in [-0.05, 0) is 29.8 Å².